The molecule has 1 aromatic heterocycles. The number of piperidine rings is 1. The SMILES string of the molecule is CC(C)(C)OC(=O)N1CCN(c2nc(NCCC(C)(C)OCCC(C)(C)c3cc(Cl)cc(NC(=O)NCc4ccc5c(c4)CN(C4CCC(=O)NC4=O)C5=O)c3)nc3c(F)c(-c4cc(O)cc5ccccc45)c(Cl)cc23)CC1. The van der Waals surface area contributed by atoms with Gasteiger partial charge in [-0.15, -0.1) is 0 Å². The summed E-state index contributed by atoms with van der Waals surface area (Å²) in [4.78, 5) is 78.3. The molecule has 0 radical (unpaired) electrons. The number of urea groups is 1. The minimum atomic E-state index is -0.715. The number of phenolic OH excluding ortho intramolecular Hbond substituents is 1. The van der Waals surface area contributed by atoms with Crippen LogP contribution in [0.25, 0.3) is 32.8 Å². The van der Waals surface area contributed by atoms with Crippen LogP contribution in [0.1, 0.15) is 101 Å². The summed E-state index contributed by atoms with van der Waals surface area (Å²) in [5.41, 5.74) is 2.25. The number of rotatable bonds is 15. The fourth-order valence-corrected chi connectivity index (χ4v) is 10.6. The van der Waals surface area contributed by atoms with Crippen LogP contribution in [-0.2, 0) is 37.6 Å². The van der Waals surface area contributed by atoms with E-state index in [0.717, 1.165) is 22.1 Å². The highest BCUT2D eigenvalue weighted by Gasteiger charge is 2.39. The monoisotopic (exact) mass is 1100 g/mol. The zero-order chi connectivity index (χ0) is 55.8. The minimum Gasteiger partial charge on any atom is -0.508 e. The van der Waals surface area contributed by atoms with E-state index in [-0.39, 0.29) is 65.5 Å². The number of aromatic hydroxyl groups is 1. The second-order valence-electron chi connectivity index (χ2n) is 22.3. The number of ether oxygens (including phenoxy) is 2. The fraction of sp³-hybridized carbons (Fsp3) is 0.397. The average molecular weight is 1110 g/mol. The number of halogens is 3. The molecular formula is C58H64Cl2FN9O8. The summed E-state index contributed by atoms with van der Waals surface area (Å²) in [7, 11) is 0. The number of nitrogens with one attached hydrogen (secondary N) is 4. The van der Waals surface area contributed by atoms with Crippen LogP contribution in [0.5, 0.6) is 5.75 Å². The quantitative estimate of drug-likeness (QED) is 0.0609. The van der Waals surface area contributed by atoms with E-state index in [0.29, 0.717) is 90.6 Å². The third kappa shape index (κ3) is 12.5. The van der Waals surface area contributed by atoms with Gasteiger partial charge in [0.05, 0.1) is 10.6 Å². The Balaban J connectivity index is 0.831. The summed E-state index contributed by atoms with van der Waals surface area (Å²) < 4.78 is 29.4. The first-order chi connectivity index (χ1) is 36.9. The summed E-state index contributed by atoms with van der Waals surface area (Å²) in [5.74, 6) is -1.15. The van der Waals surface area contributed by atoms with Crippen molar-refractivity contribution in [3.8, 4) is 16.9 Å². The molecule has 9 rings (SSSR count). The number of benzene rings is 5. The molecule has 410 valence electrons. The molecule has 1 atom stereocenters. The lowest BCUT2D eigenvalue weighted by Gasteiger charge is -2.36. The normalized spacial score (nSPS) is 16.2. The van der Waals surface area contributed by atoms with Gasteiger partial charge in [0.25, 0.3) is 5.91 Å². The number of aromatic nitrogens is 2. The molecule has 6 aromatic rings. The van der Waals surface area contributed by atoms with Crippen LogP contribution >= 0.6 is 23.2 Å². The number of hydrogen-bond acceptors (Lipinski definition) is 12. The van der Waals surface area contributed by atoms with Gasteiger partial charge < -0.3 is 45.2 Å². The summed E-state index contributed by atoms with van der Waals surface area (Å²) >= 11 is 13.6. The highest BCUT2D eigenvalue weighted by Crippen LogP contribution is 2.43. The highest BCUT2D eigenvalue weighted by molar-refractivity contribution is 6.35. The molecule has 5 N–H and O–H groups in total. The lowest BCUT2D eigenvalue weighted by Crippen LogP contribution is -2.52. The van der Waals surface area contributed by atoms with Crippen LogP contribution in [0.3, 0.4) is 0 Å². The molecule has 5 aromatic carbocycles. The predicted molar refractivity (Wildman–Crippen MR) is 300 cm³/mol. The second-order valence-corrected chi connectivity index (χ2v) is 23.2. The van der Waals surface area contributed by atoms with Crippen molar-refractivity contribution in [2.75, 3.05) is 54.9 Å². The van der Waals surface area contributed by atoms with Gasteiger partial charge in [-0.2, -0.15) is 4.98 Å². The molecule has 6 amide bonds. The van der Waals surface area contributed by atoms with E-state index in [1.54, 1.807) is 35.2 Å². The molecule has 1 unspecified atom stereocenters. The van der Waals surface area contributed by atoms with E-state index in [2.05, 4.69) is 35.1 Å². The first-order valence-corrected chi connectivity index (χ1v) is 26.8. The lowest BCUT2D eigenvalue weighted by molar-refractivity contribution is -0.136. The van der Waals surface area contributed by atoms with Gasteiger partial charge in [-0.3, -0.25) is 19.7 Å². The van der Waals surface area contributed by atoms with Crippen LogP contribution in [0.4, 0.5) is 31.4 Å². The first-order valence-electron chi connectivity index (χ1n) is 26.1. The largest absolute Gasteiger partial charge is 0.508 e. The Bertz CT molecular complexity index is 3360. The van der Waals surface area contributed by atoms with E-state index < -0.39 is 46.5 Å². The smallest absolute Gasteiger partial charge is 0.410 e. The van der Waals surface area contributed by atoms with Crippen molar-refractivity contribution >= 4 is 92.2 Å². The van der Waals surface area contributed by atoms with Gasteiger partial charge in [-0.1, -0.05) is 73.4 Å². The molecule has 78 heavy (non-hydrogen) atoms. The molecule has 2 saturated heterocycles. The van der Waals surface area contributed by atoms with E-state index in [1.165, 1.54) is 11.0 Å². The average Bonchev–Trinajstić information content (AvgIpc) is 3.71. The zero-order valence-corrected chi connectivity index (χ0v) is 46.3. The van der Waals surface area contributed by atoms with Crippen molar-refractivity contribution < 1.29 is 42.9 Å². The topological polar surface area (TPSA) is 208 Å². The number of imide groups is 1. The number of nitrogens with zero attached hydrogens (tertiary/aromatic N) is 5. The number of phenols is 1. The van der Waals surface area contributed by atoms with Crippen molar-refractivity contribution in [3.05, 3.63) is 117 Å². The Labute approximate surface area is 462 Å². The molecule has 0 aliphatic carbocycles. The molecular weight excluding hydrogens is 1040 g/mol. The van der Waals surface area contributed by atoms with Gasteiger partial charge in [0.2, 0.25) is 17.8 Å². The van der Waals surface area contributed by atoms with Crippen LogP contribution in [0, 0.1) is 5.82 Å². The second kappa shape index (κ2) is 22.2. The number of carbonyl (C=O) groups excluding carboxylic acids is 5. The molecule has 3 aliphatic heterocycles. The minimum absolute atomic E-state index is 0.0362. The van der Waals surface area contributed by atoms with Crippen LogP contribution in [0.2, 0.25) is 10.0 Å². The summed E-state index contributed by atoms with van der Waals surface area (Å²) in [5, 5.41) is 24.5. The van der Waals surface area contributed by atoms with Crippen molar-refractivity contribution in [1.82, 2.24) is 30.4 Å². The molecule has 0 bridgehead atoms. The molecule has 3 aliphatic rings. The zero-order valence-electron chi connectivity index (χ0n) is 44.7. The lowest BCUT2D eigenvalue weighted by atomic mass is 9.81. The third-order valence-corrected chi connectivity index (χ3v) is 14.9. The third-order valence-electron chi connectivity index (χ3n) is 14.4. The Kier molecular flexibility index (Phi) is 15.8. The molecule has 2 fully saturated rings. The van der Waals surface area contributed by atoms with E-state index in [4.69, 9.17) is 42.6 Å². The van der Waals surface area contributed by atoms with Crippen molar-refractivity contribution in [2.24, 2.45) is 0 Å². The number of hydrogen-bond donors (Lipinski definition) is 5. The van der Waals surface area contributed by atoms with Gasteiger partial charge >= 0.3 is 12.1 Å². The Morgan fingerprint density at radius 1 is 0.872 bits per heavy atom. The standard InChI is InChI=1S/C58H64Cl2FN9O8/c1-56(2,3)78-55(76)69-21-19-68(20-22-69)50-43-30-44(60)47(42-29-39(71)25-34-10-8-9-11-40(34)42)48(61)49(43)66-53(67-50)62-18-16-58(6,7)77-23-17-57(4,5)36-26-37(59)28-38(27-36)64-54(75)63-31-33-12-13-41-35(24-33)32-70(52(41)74)45-14-15-46(72)65-51(45)73/h8-13,24-30,45,71H,14-23,31-32H2,1-7H3,(H,62,66,67)(H2,63,64,75)(H,65,72,73). The maximum Gasteiger partial charge on any atom is 0.410 e. The van der Waals surface area contributed by atoms with Crippen LogP contribution in [-0.4, -0.2) is 111 Å². The number of anilines is 3. The van der Waals surface area contributed by atoms with Crippen molar-refractivity contribution in [1.29, 1.82) is 0 Å². The van der Waals surface area contributed by atoms with Gasteiger partial charge in [0, 0.05) is 86.1 Å². The Hall–Kier alpha value is -7.28. The maximum atomic E-state index is 17.3. The highest BCUT2D eigenvalue weighted by atomic mass is 35.5. The van der Waals surface area contributed by atoms with Crippen molar-refractivity contribution in [2.45, 2.75) is 110 Å². The molecule has 20 heteroatoms. The maximum absolute atomic E-state index is 17.3. The molecule has 4 heterocycles. The summed E-state index contributed by atoms with van der Waals surface area (Å²) in [6.45, 7) is 16.2. The van der Waals surface area contributed by atoms with Crippen LogP contribution < -0.4 is 26.2 Å². The predicted octanol–water partition coefficient (Wildman–Crippen LogP) is 10.7. The van der Waals surface area contributed by atoms with Gasteiger partial charge in [-0.05, 0) is 135 Å². The van der Waals surface area contributed by atoms with E-state index >= 15 is 4.39 Å². The summed E-state index contributed by atoms with van der Waals surface area (Å²) in [6, 6.07) is 21.7. The van der Waals surface area contributed by atoms with Crippen molar-refractivity contribution in [3.63, 3.8) is 0 Å². The van der Waals surface area contributed by atoms with E-state index in [9.17, 15) is 29.1 Å². The molecule has 0 saturated carbocycles. The molecule has 0 spiro atoms. The van der Waals surface area contributed by atoms with Crippen LogP contribution in [0.15, 0.2) is 78.9 Å². The number of piperazine rings is 1. The number of carbonyl (C=O) groups is 5. The van der Waals surface area contributed by atoms with Gasteiger partial charge in [0.1, 0.15) is 28.7 Å². The first kappa shape index (κ1) is 55.5. The summed E-state index contributed by atoms with van der Waals surface area (Å²) in [6.07, 6.45) is 1.16. The molecule has 17 nitrogen and oxygen atoms in total. The number of fused-ring (bicyclic) bond motifs is 3. The Morgan fingerprint density at radius 3 is 2.37 bits per heavy atom. The van der Waals surface area contributed by atoms with Gasteiger partial charge in [0.15, 0.2) is 5.82 Å². The Morgan fingerprint density at radius 2 is 1.63 bits per heavy atom. The van der Waals surface area contributed by atoms with E-state index in [1.807, 2.05) is 82.0 Å². The number of amides is 6. The fourth-order valence-electron chi connectivity index (χ4n) is 10.1. The van der Waals surface area contributed by atoms with Gasteiger partial charge in [-0.25, -0.2) is 19.0 Å².